The molecule has 160 valence electrons. The van der Waals surface area contributed by atoms with Gasteiger partial charge >= 0.3 is 11.9 Å². The van der Waals surface area contributed by atoms with E-state index in [4.69, 9.17) is 9.47 Å². The van der Waals surface area contributed by atoms with E-state index in [0.717, 1.165) is 18.4 Å². The van der Waals surface area contributed by atoms with Gasteiger partial charge in [0.15, 0.2) is 0 Å². The number of fused-ring (bicyclic) bond motifs is 1. The third kappa shape index (κ3) is 4.48. The number of carbonyl (C=O) groups is 2. The highest BCUT2D eigenvalue weighted by Crippen LogP contribution is 2.43. The van der Waals surface area contributed by atoms with Crippen LogP contribution in [0.5, 0.6) is 0 Å². The second-order valence-corrected chi connectivity index (χ2v) is 9.66. The van der Waals surface area contributed by atoms with Crippen molar-refractivity contribution in [3.8, 4) is 0 Å². The molecule has 1 saturated carbocycles. The first-order valence-corrected chi connectivity index (χ1v) is 11.6. The molecule has 3 rings (SSSR count). The van der Waals surface area contributed by atoms with Crippen molar-refractivity contribution in [2.45, 2.75) is 76.0 Å². The minimum Gasteiger partial charge on any atom is -0.465 e. The summed E-state index contributed by atoms with van der Waals surface area (Å²) in [6, 6.07) is 5.32. The van der Waals surface area contributed by atoms with E-state index < -0.39 is 34.2 Å². The average molecular weight is 424 g/mol. The van der Waals surface area contributed by atoms with Crippen molar-refractivity contribution in [2.75, 3.05) is 6.61 Å². The Kier molecular flexibility index (Phi) is 6.63. The lowest BCUT2D eigenvalue weighted by molar-refractivity contribution is -0.149. The van der Waals surface area contributed by atoms with Gasteiger partial charge in [-0.1, -0.05) is 24.1 Å². The first-order chi connectivity index (χ1) is 13.8. The second kappa shape index (κ2) is 8.83. The molecule has 0 aromatic heterocycles. The van der Waals surface area contributed by atoms with E-state index in [0.29, 0.717) is 19.3 Å². The maximum absolute atomic E-state index is 13.6. The van der Waals surface area contributed by atoms with E-state index in [1.165, 1.54) is 11.2 Å². The fourth-order valence-electron chi connectivity index (χ4n) is 4.57. The Morgan fingerprint density at radius 1 is 1.14 bits per heavy atom. The van der Waals surface area contributed by atoms with Gasteiger partial charge in [0.25, 0.3) is 0 Å². The van der Waals surface area contributed by atoms with Gasteiger partial charge in [0.1, 0.15) is 12.1 Å². The first-order valence-electron chi connectivity index (χ1n) is 10.2. The zero-order chi connectivity index (χ0) is 21.2. The predicted octanol–water partition coefficient (Wildman–Crippen LogP) is 2.81. The normalized spacial score (nSPS) is 27.7. The Bertz CT molecular complexity index is 850. The maximum atomic E-state index is 13.6. The number of nitrogens with zero attached hydrogens (tertiary/aromatic N) is 1. The lowest BCUT2D eigenvalue weighted by Crippen LogP contribution is -2.46. The molecule has 2 aliphatic rings. The SMILES string of the molecule is CCOC(=O)[C@@H]1C[C@@H]2[C@H](OC(C)=O)CCCC[C@@H]2N1S(=O)(=O)c1ccc(C)cc1. The molecule has 8 heteroatoms. The molecule has 0 radical (unpaired) electrons. The Hall–Kier alpha value is -1.93. The molecule has 2 fully saturated rings. The number of rotatable bonds is 5. The molecular formula is C21H29NO6S. The van der Waals surface area contributed by atoms with Crippen LogP contribution in [-0.4, -0.2) is 49.5 Å². The summed E-state index contributed by atoms with van der Waals surface area (Å²) in [5, 5.41) is 0. The van der Waals surface area contributed by atoms with Crippen molar-refractivity contribution in [3.63, 3.8) is 0 Å². The highest BCUT2D eigenvalue weighted by Gasteiger charge is 2.54. The number of hydrogen-bond donors (Lipinski definition) is 0. The zero-order valence-corrected chi connectivity index (χ0v) is 18.0. The molecule has 0 N–H and O–H groups in total. The first kappa shape index (κ1) is 21.8. The van der Waals surface area contributed by atoms with Gasteiger partial charge in [-0.3, -0.25) is 9.59 Å². The molecule has 1 saturated heterocycles. The van der Waals surface area contributed by atoms with Gasteiger partial charge in [0.2, 0.25) is 10.0 Å². The van der Waals surface area contributed by atoms with Crippen LogP contribution in [0.3, 0.4) is 0 Å². The van der Waals surface area contributed by atoms with Crippen LogP contribution in [0, 0.1) is 12.8 Å². The molecule has 1 aliphatic heterocycles. The van der Waals surface area contributed by atoms with Gasteiger partial charge in [-0.2, -0.15) is 4.31 Å². The summed E-state index contributed by atoms with van der Waals surface area (Å²) >= 11 is 0. The van der Waals surface area contributed by atoms with E-state index in [2.05, 4.69) is 0 Å². The van der Waals surface area contributed by atoms with Crippen molar-refractivity contribution in [1.29, 1.82) is 0 Å². The third-order valence-electron chi connectivity index (χ3n) is 5.81. The molecule has 29 heavy (non-hydrogen) atoms. The lowest BCUT2D eigenvalue weighted by Gasteiger charge is -2.30. The fourth-order valence-corrected chi connectivity index (χ4v) is 6.42. The Morgan fingerprint density at radius 3 is 2.41 bits per heavy atom. The van der Waals surface area contributed by atoms with Gasteiger partial charge < -0.3 is 9.47 Å². The topological polar surface area (TPSA) is 90.0 Å². The maximum Gasteiger partial charge on any atom is 0.324 e. The zero-order valence-electron chi connectivity index (χ0n) is 17.2. The van der Waals surface area contributed by atoms with E-state index in [9.17, 15) is 18.0 Å². The average Bonchev–Trinajstić information content (AvgIpc) is 2.95. The van der Waals surface area contributed by atoms with Crippen LogP contribution < -0.4 is 0 Å². The molecule has 1 aromatic rings. The van der Waals surface area contributed by atoms with Crippen LogP contribution in [0.15, 0.2) is 29.2 Å². The largest absolute Gasteiger partial charge is 0.465 e. The van der Waals surface area contributed by atoms with Crippen LogP contribution >= 0.6 is 0 Å². The number of sulfonamides is 1. The molecule has 4 atom stereocenters. The summed E-state index contributed by atoms with van der Waals surface area (Å²) in [5.74, 6) is -1.16. The Morgan fingerprint density at radius 2 is 1.79 bits per heavy atom. The second-order valence-electron chi connectivity index (χ2n) is 7.82. The van der Waals surface area contributed by atoms with Crippen LogP contribution in [0.4, 0.5) is 0 Å². The van der Waals surface area contributed by atoms with Crippen molar-refractivity contribution >= 4 is 22.0 Å². The standard InChI is InChI=1S/C21H29NO6S/c1-4-27-21(24)19-13-17-18(7-5-6-8-20(17)28-15(3)23)22(19)29(25,26)16-11-9-14(2)10-12-16/h9-12,17-20H,4-8,13H2,1-3H3/t17-,18-,19-,20+/m0/s1. The van der Waals surface area contributed by atoms with E-state index in [-0.39, 0.29) is 23.4 Å². The quantitative estimate of drug-likeness (QED) is 0.677. The number of carbonyl (C=O) groups excluding carboxylic acids is 2. The lowest BCUT2D eigenvalue weighted by atomic mass is 9.91. The van der Waals surface area contributed by atoms with Crippen molar-refractivity contribution in [1.82, 2.24) is 4.31 Å². The number of benzene rings is 1. The van der Waals surface area contributed by atoms with Gasteiger partial charge in [0.05, 0.1) is 11.5 Å². The van der Waals surface area contributed by atoms with E-state index >= 15 is 0 Å². The van der Waals surface area contributed by atoms with Crippen molar-refractivity contribution in [3.05, 3.63) is 29.8 Å². The predicted molar refractivity (Wildman–Crippen MR) is 107 cm³/mol. The monoisotopic (exact) mass is 423 g/mol. The Balaban J connectivity index is 2.03. The van der Waals surface area contributed by atoms with E-state index in [1.807, 2.05) is 6.92 Å². The molecule has 0 unspecified atom stereocenters. The van der Waals surface area contributed by atoms with Crippen LogP contribution in [-0.2, 0) is 29.1 Å². The molecular weight excluding hydrogens is 394 g/mol. The molecule has 7 nitrogen and oxygen atoms in total. The molecule has 1 aromatic carbocycles. The number of ether oxygens (including phenoxy) is 2. The van der Waals surface area contributed by atoms with Gasteiger partial charge in [-0.05, 0) is 51.7 Å². The summed E-state index contributed by atoms with van der Waals surface area (Å²) < 4.78 is 39.2. The molecule has 1 heterocycles. The summed E-state index contributed by atoms with van der Waals surface area (Å²) in [4.78, 5) is 24.5. The number of aryl methyl sites for hydroxylation is 1. The van der Waals surface area contributed by atoms with Crippen molar-refractivity contribution in [2.24, 2.45) is 5.92 Å². The summed E-state index contributed by atoms with van der Waals surface area (Å²) in [6.07, 6.45) is 2.88. The smallest absolute Gasteiger partial charge is 0.324 e. The van der Waals surface area contributed by atoms with Gasteiger partial charge in [-0.25, -0.2) is 8.42 Å². The van der Waals surface area contributed by atoms with E-state index in [1.54, 1.807) is 31.2 Å². The van der Waals surface area contributed by atoms with Gasteiger partial charge in [-0.15, -0.1) is 0 Å². The number of esters is 2. The minimum absolute atomic E-state index is 0.159. The minimum atomic E-state index is -3.91. The Labute approximate surface area is 172 Å². The molecule has 0 amide bonds. The van der Waals surface area contributed by atoms with Crippen LogP contribution in [0.1, 0.15) is 51.5 Å². The third-order valence-corrected chi connectivity index (χ3v) is 7.76. The highest BCUT2D eigenvalue weighted by atomic mass is 32.2. The molecule has 0 spiro atoms. The van der Waals surface area contributed by atoms with Crippen LogP contribution in [0.25, 0.3) is 0 Å². The number of hydrogen-bond acceptors (Lipinski definition) is 6. The van der Waals surface area contributed by atoms with Crippen molar-refractivity contribution < 1.29 is 27.5 Å². The summed E-state index contributed by atoms with van der Waals surface area (Å²) in [6.45, 7) is 5.12. The summed E-state index contributed by atoms with van der Waals surface area (Å²) in [7, 11) is -3.91. The highest BCUT2D eigenvalue weighted by molar-refractivity contribution is 7.89. The summed E-state index contributed by atoms with van der Waals surface area (Å²) in [5.41, 5.74) is 0.953. The van der Waals surface area contributed by atoms with Crippen LogP contribution in [0.2, 0.25) is 0 Å². The molecule has 0 bridgehead atoms. The molecule has 1 aliphatic carbocycles. The fraction of sp³-hybridized carbons (Fsp3) is 0.619. The van der Waals surface area contributed by atoms with Gasteiger partial charge in [0, 0.05) is 18.9 Å².